The number of amides is 2. The molecule has 1 spiro atoms. The lowest BCUT2D eigenvalue weighted by atomic mass is 9.68. The maximum atomic E-state index is 12.9. The van der Waals surface area contributed by atoms with Crippen molar-refractivity contribution in [3.8, 4) is 9.75 Å². The number of hydrogen-bond donors (Lipinski definition) is 0. The van der Waals surface area contributed by atoms with Crippen LogP contribution in [-0.2, 0) is 15.0 Å². The predicted octanol–water partition coefficient (Wildman–Crippen LogP) is 9.91. The number of thioether (sulfide) groups is 2. The molecule has 4 aromatic heterocycles. The Kier molecular flexibility index (Phi) is 6.92. The van der Waals surface area contributed by atoms with E-state index >= 15 is 0 Å². The lowest BCUT2D eigenvalue weighted by Crippen LogP contribution is -2.27. The molecule has 0 atom stereocenters. The van der Waals surface area contributed by atoms with Crippen molar-refractivity contribution in [2.45, 2.75) is 51.4 Å². The highest BCUT2D eigenvalue weighted by Crippen LogP contribution is 2.66. The van der Waals surface area contributed by atoms with Gasteiger partial charge in [-0.15, -0.1) is 45.3 Å². The second-order valence-electron chi connectivity index (χ2n) is 10.8. The van der Waals surface area contributed by atoms with Crippen molar-refractivity contribution in [2.24, 2.45) is 0 Å². The second-order valence-corrected chi connectivity index (χ2v) is 18.4. The zero-order valence-electron chi connectivity index (χ0n) is 22.7. The van der Waals surface area contributed by atoms with Crippen LogP contribution in [0, 0.1) is 0 Å². The molecule has 214 valence electrons. The molecule has 0 bridgehead atoms. The highest BCUT2D eigenvalue weighted by molar-refractivity contribution is 8.27. The third-order valence-electron chi connectivity index (χ3n) is 8.56. The van der Waals surface area contributed by atoms with Crippen molar-refractivity contribution in [1.82, 2.24) is 9.80 Å². The molecule has 0 N–H and O–H groups in total. The van der Waals surface area contributed by atoms with Gasteiger partial charge in [0.25, 0.3) is 11.8 Å². The fourth-order valence-corrected chi connectivity index (χ4v) is 15.3. The van der Waals surface area contributed by atoms with Crippen LogP contribution >= 0.6 is 93.3 Å². The summed E-state index contributed by atoms with van der Waals surface area (Å²) in [7, 11) is 0. The van der Waals surface area contributed by atoms with Crippen LogP contribution in [0.15, 0.2) is 21.9 Å². The van der Waals surface area contributed by atoms with E-state index in [1.54, 1.807) is 9.80 Å². The number of nitrogens with zero attached hydrogens (tertiary/aromatic N) is 2. The molecular weight excluding hydrogens is 677 g/mol. The maximum Gasteiger partial charge on any atom is 0.266 e. The average Bonchev–Trinajstić information content (AvgIpc) is 3.79. The molecule has 12 heteroatoms. The number of hydrogen-bond acceptors (Lipinski definition) is 10. The molecule has 0 unspecified atom stereocenters. The van der Waals surface area contributed by atoms with E-state index in [1.807, 2.05) is 71.3 Å². The molecule has 2 amide bonds. The summed E-state index contributed by atoms with van der Waals surface area (Å²) in [4.78, 5) is 35.7. The van der Waals surface area contributed by atoms with Crippen LogP contribution in [0.5, 0.6) is 0 Å². The Bertz CT molecular complexity index is 1810. The number of thiocarbonyl (C=S) groups is 2. The molecule has 42 heavy (non-hydrogen) atoms. The smallest absolute Gasteiger partial charge is 0.266 e. The Labute approximate surface area is 278 Å². The topological polar surface area (TPSA) is 40.6 Å². The van der Waals surface area contributed by atoms with E-state index in [0.29, 0.717) is 21.7 Å². The van der Waals surface area contributed by atoms with E-state index in [0.717, 1.165) is 19.6 Å². The van der Waals surface area contributed by atoms with Crippen LogP contribution in [0.25, 0.3) is 40.7 Å². The fourth-order valence-electron chi connectivity index (χ4n) is 6.73. The molecule has 4 nitrogen and oxygen atoms in total. The van der Waals surface area contributed by atoms with Crippen LogP contribution in [0.4, 0.5) is 0 Å². The summed E-state index contributed by atoms with van der Waals surface area (Å²) in [6.45, 7) is 5.14. The number of likely N-dealkylation sites (N-methyl/N-ethyl adjacent to an activating group) is 2. The Morgan fingerprint density at radius 1 is 0.738 bits per heavy atom. The molecule has 8 rings (SSSR count). The van der Waals surface area contributed by atoms with Gasteiger partial charge in [-0.25, -0.2) is 0 Å². The van der Waals surface area contributed by atoms with Gasteiger partial charge in [0.1, 0.15) is 8.64 Å². The highest BCUT2D eigenvalue weighted by Gasteiger charge is 2.49. The monoisotopic (exact) mass is 700 g/mol. The Balaban J connectivity index is 1.22. The molecule has 2 aliphatic carbocycles. The number of thiophene rings is 4. The Morgan fingerprint density at radius 3 is 1.60 bits per heavy atom. The van der Waals surface area contributed by atoms with Gasteiger partial charge in [-0.1, -0.05) is 67.2 Å². The largest absolute Gasteiger partial charge is 0.293 e. The molecule has 2 aliphatic heterocycles. The molecular formula is C30H24N2O2S8. The van der Waals surface area contributed by atoms with Gasteiger partial charge in [-0.2, -0.15) is 0 Å². The molecule has 2 saturated heterocycles. The van der Waals surface area contributed by atoms with Crippen molar-refractivity contribution < 1.29 is 9.59 Å². The predicted molar refractivity (Wildman–Crippen MR) is 193 cm³/mol. The zero-order chi connectivity index (χ0) is 28.9. The number of fused-ring (bicyclic) bond motifs is 9. The van der Waals surface area contributed by atoms with Gasteiger partial charge >= 0.3 is 0 Å². The Morgan fingerprint density at radius 2 is 1.19 bits per heavy atom. The van der Waals surface area contributed by atoms with Crippen molar-refractivity contribution >= 4 is 145 Å². The summed E-state index contributed by atoms with van der Waals surface area (Å²) < 4.78 is 6.74. The van der Waals surface area contributed by atoms with Crippen LogP contribution in [0.2, 0.25) is 0 Å². The summed E-state index contributed by atoms with van der Waals surface area (Å²) >= 11 is 21.2. The van der Waals surface area contributed by atoms with Crippen LogP contribution in [0.1, 0.15) is 66.8 Å². The van der Waals surface area contributed by atoms with Crippen molar-refractivity contribution in [2.75, 3.05) is 13.1 Å². The van der Waals surface area contributed by atoms with Gasteiger partial charge in [-0.05, 0) is 51.0 Å². The quantitative estimate of drug-likeness (QED) is 0.156. The van der Waals surface area contributed by atoms with E-state index in [9.17, 15) is 9.59 Å². The van der Waals surface area contributed by atoms with E-state index in [-0.39, 0.29) is 17.2 Å². The highest BCUT2D eigenvalue weighted by atomic mass is 32.2. The maximum absolute atomic E-state index is 12.9. The first-order valence-electron chi connectivity index (χ1n) is 14.0. The van der Waals surface area contributed by atoms with Crippen LogP contribution in [-0.4, -0.2) is 43.3 Å². The lowest BCUT2D eigenvalue weighted by Gasteiger charge is -2.35. The molecule has 1 saturated carbocycles. The summed E-state index contributed by atoms with van der Waals surface area (Å²) in [5, 5.41) is 0. The third kappa shape index (κ3) is 4.02. The second kappa shape index (κ2) is 10.3. The van der Waals surface area contributed by atoms with Crippen molar-refractivity contribution in [3.05, 3.63) is 42.8 Å². The Hall–Kier alpha value is -1.38. The van der Waals surface area contributed by atoms with Gasteiger partial charge in [0.2, 0.25) is 0 Å². The van der Waals surface area contributed by atoms with Gasteiger partial charge in [0.15, 0.2) is 0 Å². The van der Waals surface area contributed by atoms with Gasteiger partial charge in [0, 0.05) is 48.8 Å². The minimum atomic E-state index is 0.0215. The fraction of sp³-hybridized carbons (Fsp3) is 0.333. The summed E-state index contributed by atoms with van der Waals surface area (Å²) in [5.41, 5.74) is 3.12. The SMILES string of the molecule is CCN1C(=O)/C(=C/c2cc3sc4c(c3s2)C2(CCCCC2)c2c-4sc3cc(/C=C4\SC(=S)N(CC)C4=O)sc23)SC1=S. The van der Waals surface area contributed by atoms with Gasteiger partial charge in [-0.3, -0.25) is 19.4 Å². The molecule has 6 heterocycles. The summed E-state index contributed by atoms with van der Waals surface area (Å²) in [6, 6.07) is 4.55. The molecule has 3 fully saturated rings. The number of rotatable bonds is 4. The van der Waals surface area contributed by atoms with Crippen molar-refractivity contribution in [3.63, 3.8) is 0 Å². The number of carbonyl (C=O) groups excluding carboxylic acids is 2. The van der Waals surface area contributed by atoms with E-state index < -0.39 is 0 Å². The van der Waals surface area contributed by atoms with Crippen LogP contribution in [0.3, 0.4) is 0 Å². The number of carbonyl (C=O) groups is 2. The molecule has 4 aliphatic rings. The minimum absolute atomic E-state index is 0.0215. The van der Waals surface area contributed by atoms with Gasteiger partial charge < -0.3 is 0 Å². The molecule has 0 radical (unpaired) electrons. The minimum Gasteiger partial charge on any atom is -0.293 e. The van der Waals surface area contributed by atoms with E-state index in [2.05, 4.69) is 12.1 Å². The summed E-state index contributed by atoms with van der Waals surface area (Å²) in [6.07, 6.45) is 10.2. The normalized spacial score (nSPS) is 22.0. The first-order chi connectivity index (χ1) is 20.3. The first kappa shape index (κ1) is 28.1. The average molecular weight is 701 g/mol. The van der Waals surface area contributed by atoms with E-state index in [1.165, 1.54) is 95.3 Å². The third-order valence-corrected chi connectivity index (χ3v) is 16.2. The van der Waals surface area contributed by atoms with Crippen LogP contribution < -0.4 is 0 Å². The van der Waals surface area contributed by atoms with E-state index in [4.69, 9.17) is 24.4 Å². The van der Waals surface area contributed by atoms with Crippen molar-refractivity contribution in [1.29, 1.82) is 0 Å². The standard InChI is InChI=1S/C30H24N2O2S8/c1-3-31-26(33)18(41-28(31)35)12-14-10-16-22(37-14)20-24(39-16)25-21(30(20)8-6-5-7-9-30)23-17(40-25)11-15(38-23)13-19-27(34)32(4-2)29(36)42-19/h10-13H,3-9H2,1-2H3/b18-12-,19-13-. The first-order valence-corrected chi connectivity index (χ1v) is 19.7. The lowest BCUT2D eigenvalue weighted by molar-refractivity contribution is -0.122. The van der Waals surface area contributed by atoms with Gasteiger partial charge in [0.05, 0.1) is 29.0 Å². The molecule has 4 aromatic rings. The molecule has 0 aromatic carbocycles. The summed E-state index contributed by atoms with van der Waals surface area (Å²) in [5.74, 6) is 0.0430. The zero-order valence-corrected chi connectivity index (χ0v) is 29.3.